The number of carbonyl (C=O) groups is 2. The van der Waals surface area contributed by atoms with E-state index >= 15 is 0 Å². The van der Waals surface area contributed by atoms with Gasteiger partial charge in [-0.3, -0.25) is 4.79 Å². The Bertz CT molecular complexity index is 683. The molecule has 1 amide bonds. The van der Waals surface area contributed by atoms with Crippen LogP contribution in [0.3, 0.4) is 0 Å². The van der Waals surface area contributed by atoms with Crippen LogP contribution in [0.25, 0.3) is 0 Å². The van der Waals surface area contributed by atoms with Crippen molar-refractivity contribution in [2.45, 2.75) is 39.4 Å². The summed E-state index contributed by atoms with van der Waals surface area (Å²) in [5, 5.41) is 10.8. The van der Waals surface area contributed by atoms with Crippen molar-refractivity contribution in [1.29, 1.82) is 0 Å². The maximum atomic E-state index is 12.4. The van der Waals surface area contributed by atoms with Crippen molar-refractivity contribution in [3.63, 3.8) is 0 Å². The summed E-state index contributed by atoms with van der Waals surface area (Å²) in [4.78, 5) is 25.9. The average Bonchev–Trinajstić information content (AvgIpc) is 3.05. The molecule has 150 valence electrons. The Hall–Kier alpha value is -2.48. The first-order valence-corrected chi connectivity index (χ1v) is 8.80. The first-order chi connectivity index (χ1) is 12.6. The number of aliphatic hydroxyl groups is 1. The molecule has 0 bridgehead atoms. The SMILES string of the molecule is CCOC(=O)C(CN(C)C(=O)OC(C)(C)C)C(O)c1ccc2c(c1)OCO2. The molecule has 1 aliphatic heterocycles. The molecule has 1 aromatic carbocycles. The molecule has 0 fully saturated rings. The van der Waals surface area contributed by atoms with Crippen LogP contribution in [0.1, 0.15) is 39.4 Å². The van der Waals surface area contributed by atoms with Crippen LogP contribution in [0.2, 0.25) is 0 Å². The molecular formula is C19H27NO7. The minimum absolute atomic E-state index is 0.0661. The Morgan fingerprint density at radius 3 is 2.56 bits per heavy atom. The largest absolute Gasteiger partial charge is 0.466 e. The second-order valence-electron chi connectivity index (χ2n) is 7.28. The van der Waals surface area contributed by atoms with Gasteiger partial charge in [-0.05, 0) is 45.4 Å². The van der Waals surface area contributed by atoms with Gasteiger partial charge in [0.05, 0.1) is 12.7 Å². The van der Waals surface area contributed by atoms with Crippen LogP contribution in [0.4, 0.5) is 4.79 Å². The Kier molecular flexibility index (Phi) is 6.54. The Morgan fingerprint density at radius 1 is 1.26 bits per heavy atom. The number of benzene rings is 1. The normalized spacial score (nSPS) is 15.0. The summed E-state index contributed by atoms with van der Waals surface area (Å²) in [6.45, 7) is 7.15. The maximum absolute atomic E-state index is 12.4. The summed E-state index contributed by atoms with van der Waals surface area (Å²) in [6.07, 6.45) is -1.78. The lowest BCUT2D eigenvalue weighted by atomic mass is 9.95. The number of hydrogen-bond acceptors (Lipinski definition) is 7. The van der Waals surface area contributed by atoms with E-state index in [0.29, 0.717) is 17.1 Å². The highest BCUT2D eigenvalue weighted by molar-refractivity contribution is 5.75. The highest BCUT2D eigenvalue weighted by Gasteiger charge is 2.33. The fraction of sp³-hybridized carbons (Fsp3) is 0.579. The monoisotopic (exact) mass is 381 g/mol. The lowest BCUT2D eigenvalue weighted by molar-refractivity contribution is -0.153. The van der Waals surface area contributed by atoms with Gasteiger partial charge in [-0.15, -0.1) is 0 Å². The Morgan fingerprint density at radius 2 is 1.93 bits per heavy atom. The second-order valence-corrected chi connectivity index (χ2v) is 7.28. The summed E-state index contributed by atoms with van der Waals surface area (Å²) in [6, 6.07) is 4.94. The van der Waals surface area contributed by atoms with E-state index in [0.717, 1.165) is 0 Å². The number of ether oxygens (including phenoxy) is 4. The molecule has 8 heteroatoms. The maximum Gasteiger partial charge on any atom is 0.410 e. The molecule has 2 atom stereocenters. The van der Waals surface area contributed by atoms with Crippen molar-refractivity contribution in [3.05, 3.63) is 23.8 Å². The lowest BCUT2D eigenvalue weighted by Crippen LogP contribution is -2.41. The molecule has 1 aromatic rings. The second kappa shape index (κ2) is 8.47. The van der Waals surface area contributed by atoms with Crippen molar-refractivity contribution in [2.75, 3.05) is 27.0 Å². The molecule has 0 saturated heterocycles. The van der Waals surface area contributed by atoms with Crippen molar-refractivity contribution in [1.82, 2.24) is 4.90 Å². The van der Waals surface area contributed by atoms with Gasteiger partial charge in [0, 0.05) is 13.6 Å². The fourth-order valence-corrected chi connectivity index (χ4v) is 2.59. The molecule has 0 spiro atoms. The number of hydrogen-bond donors (Lipinski definition) is 1. The minimum atomic E-state index is -1.19. The number of nitrogens with zero attached hydrogens (tertiary/aromatic N) is 1. The van der Waals surface area contributed by atoms with Crippen molar-refractivity contribution >= 4 is 12.1 Å². The van der Waals surface area contributed by atoms with Gasteiger partial charge in [0.15, 0.2) is 11.5 Å². The van der Waals surface area contributed by atoms with E-state index in [2.05, 4.69) is 0 Å². The molecule has 0 aliphatic carbocycles. The topological polar surface area (TPSA) is 94.5 Å². The zero-order valence-corrected chi connectivity index (χ0v) is 16.4. The number of carbonyl (C=O) groups excluding carboxylic acids is 2. The number of aliphatic hydroxyl groups excluding tert-OH is 1. The predicted octanol–water partition coefficient (Wildman–Crippen LogP) is 2.49. The van der Waals surface area contributed by atoms with Crippen LogP contribution >= 0.6 is 0 Å². The summed E-state index contributed by atoms with van der Waals surface area (Å²) >= 11 is 0. The molecule has 2 rings (SSSR count). The molecule has 1 N–H and O–H groups in total. The van der Waals surface area contributed by atoms with Crippen molar-refractivity contribution < 1.29 is 33.6 Å². The molecule has 27 heavy (non-hydrogen) atoms. The lowest BCUT2D eigenvalue weighted by Gasteiger charge is -2.29. The van der Waals surface area contributed by atoms with Crippen LogP contribution in [0.5, 0.6) is 11.5 Å². The standard InChI is InChI=1S/C19H27NO7/c1-6-24-17(22)13(10-20(5)18(23)27-19(2,3)4)16(21)12-7-8-14-15(9-12)26-11-25-14/h7-9,13,16,21H,6,10-11H2,1-5H3. The van der Waals surface area contributed by atoms with Gasteiger partial charge in [-0.1, -0.05) is 6.07 Å². The zero-order valence-electron chi connectivity index (χ0n) is 16.4. The molecule has 8 nitrogen and oxygen atoms in total. The van der Waals surface area contributed by atoms with Gasteiger partial charge in [0.25, 0.3) is 0 Å². The zero-order chi connectivity index (χ0) is 20.2. The third-order valence-electron chi connectivity index (χ3n) is 3.88. The van der Waals surface area contributed by atoms with E-state index < -0.39 is 29.7 Å². The van der Waals surface area contributed by atoms with Gasteiger partial charge in [0.1, 0.15) is 11.5 Å². The molecule has 1 heterocycles. The van der Waals surface area contributed by atoms with Crippen molar-refractivity contribution in [2.24, 2.45) is 5.92 Å². The quantitative estimate of drug-likeness (QED) is 0.757. The molecule has 0 radical (unpaired) electrons. The van der Waals surface area contributed by atoms with E-state index in [4.69, 9.17) is 18.9 Å². The van der Waals surface area contributed by atoms with E-state index in [1.54, 1.807) is 45.9 Å². The third kappa shape index (κ3) is 5.50. The van der Waals surface area contributed by atoms with Crippen LogP contribution in [0, 0.1) is 5.92 Å². The summed E-state index contributed by atoms with van der Waals surface area (Å²) in [7, 11) is 1.51. The number of amides is 1. The number of fused-ring (bicyclic) bond motifs is 1. The van der Waals surface area contributed by atoms with Crippen molar-refractivity contribution in [3.8, 4) is 11.5 Å². The number of rotatable bonds is 6. The smallest absolute Gasteiger partial charge is 0.410 e. The number of esters is 1. The van der Waals surface area contributed by atoms with Gasteiger partial charge < -0.3 is 29.0 Å². The van der Waals surface area contributed by atoms with Crippen LogP contribution in [-0.2, 0) is 14.3 Å². The first kappa shape index (κ1) is 20.8. The summed E-state index contributed by atoms with van der Waals surface area (Å²) < 4.78 is 21.0. The molecule has 2 unspecified atom stereocenters. The predicted molar refractivity (Wildman–Crippen MR) is 96.5 cm³/mol. The third-order valence-corrected chi connectivity index (χ3v) is 3.88. The van der Waals surface area contributed by atoms with E-state index in [1.165, 1.54) is 11.9 Å². The summed E-state index contributed by atoms with van der Waals surface area (Å²) in [5.74, 6) is -0.514. The van der Waals surface area contributed by atoms with Crippen LogP contribution in [-0.4, -0.2) is 54.7 Å². The Labute approximate surface area is 159 Å². The van der Waals surface area contributed by atoms with Gasteiger partial charge in [-0.2, -0.15) is 0 Å². The Balaban J connectivity index is 2.18. The van der Waals surface area contributed by atoms with Gasteiger partial charge >= 0.3 is 12.1 Å². The highest BCUT2D eigenvalue weighted by Crippen LogP contribution is 2.36. The first-order valence-electron chi connectivity index (χ1n) is 8.80. The summed E-state index contributed by atoms with van der Waals surface area (Å²) in [5.41, 5.74) is -0.198. The molecule has 0 aromatic heterocycles. The van der Waals surface area contributed by atoms with E-state index in [9.17, 15) is 14.7 Å². The molecule has 0 saturated carbocycles. The van der Waals surface area contributed by atoms with E-state index in [1.807, 2.05) is 0 Å². The van der Waals surface area contributed by atoms with Gasteiger partial charge in [-0.25, -0.2) is 4.79 Å². The van der Waals surface area contributed by atoms with Gasteiger partial charge in [0.2, 0.25) is 6.79 Å². The highest BCUT2D eigenvalue weighted by atomic mass is 16.7. The minimum Gasteiger partial charge on any atom is -0.466 e. The molecule has 1 aliphatic rings. The average molecular weight is 381 g/mol. The fourth-order valence-electron chi connectivity index (χ4n) is 2.59. The van der Waals surface area contributed by atoms with Crippen LogP contribution in [0.15, 0.2) is 18.2 Å². The van der Waals surface area contributed by atoms with Crippen LogP contribution < -0.4 is 9.47 Å². The van der Waals surface area contributed by atoms with E-state index in [-0.39, 0.29) is 19.9 Å². The molecular weight excluding hydrogens is 354 g/mol.